The van der Waals surface area contributed by atoms with E-state index in [1.54, 1.807) is 11.8 Å². The minimum atomic E-state index is -0.799. The van der Waals surface area contributed by atoms with Gasteiger partial charge in [0.05, 0.1) is 17.5 Å². The van der Waals surface area contributed by atoms with E-state index in [0.717, 1.165) is 21.9 Å². The van der Waals surface area contributed by atoms with Crippen molar-refractivity contribution >= 4 is 28.8 Å². The Bertz CT molecular complexity index is 577. The van der Waals surface area contributed by atoms with Crippen LogP contribution >= 0.6 is 11.8 Å². The van der Waals surface area contributed by atoms with E-state index in [1.165, 1.54) is 0 Å². The van der Waals surface area contributed by atoms with Crippen LogP contribution in [0.15, 0.2) is 42.1 Å². The summed E-state index contributed by atoms with van der Waals surface area (Å²) in [4.78, 5) is 15.2. The van der Waals surface area contributed by atoms with Crippen molar-refractivity contribution in [2.24, 2.45) is 0 Å². The number of aryl methyl sites for hydroxylation is 1. The molecular weight excluding hydrogens is 248 g/mol. The Hall–Kier alpha value is -1.75. The van der Waals surface area contributed by atoms with Crippen LogP contribution in [0.25, 0.3) is 11.0 Å². The number of carboxylic acids is 1. The first-order valence-corrected chi connectivity index (χ1v) is 6.61. The van der Waals surface area contributed by atoms with Crippen LogP contribution in [-0.2, 0) is 11.3 Å². The van der Waals surface area contributed by atoms with Crippen molar-refractivity contribution in [2.75, 3.05) is 5.75 Å². The number of hydrogen-bond donors (Lipinski definition) is 1. The Morgan fingerprint density at radius 1 is 1.50 bits per heavy atom. The first kappa shape index (κ1) is 12.7. The number of benzene rings is 1. The van der Waals surface area contributed by atoms with Crippen molar-refractivity contribution < 1.29 is 9.90 Å². The Morgan fingerprint density at radius 3 is 3.00 bits per heavy atom. The summed E-state index contributed by atoms with van der Waals surface area (Å²) < 4.78 is 1.96. The van der Waals surface area contributed by atoms with Crippen LogP contribution in [0, 0.1) is 0 Å². The third-order valence-electron chi connectivity index (χ3n) is 2.50. The number of carbonyl (C=O) groups is 1. The first-order chi connectivity index (χ1) is 8.72. The SMILES string of the molecule is C=CCSc1nc2ccccc2n1CCC(=O)O. The molecule has 0 spiro atoms. The summed E-state index contributed by atoms with van der Waals surface area (Å²) in [6.45, 7) is 4.12. The van der Waals surface area contributed by atoms with Gasteiger partial charge in [-0.15, -0.1) is 6.58 Å². The molecule has 0 amide bonds. The summed E-state index contributed by atoms with van der Waals surface area (Å²) >= 11 is 1.57. The fraction of sp³-hybridized carbons (Fsp3) is 0.231. The number of aliphatic carboxylic acids is 1. The molecule has 94 valence electrons. The molecule has 2 rings (SSSR count). The van der Waals surface area contributed by atoms with Gasteiger partial charge in [-0.25, -0.2) is 4.98 Å². The summed E-state index contributed by atoms with van der Waals surface area (Å²) in [7, 11) is 0. The van der Waals surface area contributed by atoms with Gasteiger partial charge in [0.25, 0.3) is 0 Å². The zero-order chi connectivity index (χ0) is 13.0. The Labute approximate surface area is 109 Å². The number of fused-ring (bicyclic) bond motifs is 1. The van der Waals surface area contributed by atoms with Gasteiger partial charge in [-0.3, -0.25) is 4.79 Å². The predicted octanol–water partition coefficient (Wildman–Crippen LogP) is 2.79. The normalized spacial score (nSPS) is 10.7. The molecule has 0 radical (unpaired) electrons. The summed E-state index contributed by atoms with van der Waals surface area (Å²) in [6, 6.07) is 7.76. The standard InChI is InChI=1S/C13H14N2O2S/c1-2-9-18-13-14-10-5-3-4-6-11(10)15(13)8-7-12(16)17/h2-6H,1,7-9H2,(H,16,17). The number of thioether (sulfide) groups is 1. The van der Waals surface area contributed by atoms with Crippen LogP contribution in [0.4, 0.5) is 0 Å². The molecular formula is C13H14N2O2S. The van der Waals surface area contributed by atoms with Gasteiger partial charge >= 0.3 is 5.97 Å². The molecule has 0 bridgehead atoms. The fourth-order valence-electron chi connectivity index (χ4n) is 1.72. The zero-order valence-electron chi connectivity index (χ0n) is 9.87. The highest BCUT2D eigenvalue weighted by Crippen LogP contribution is 2.24. The topological polar surface area (TPSA) is 55.1 Å². The summed E-state index contributed by atoms with van der Waals surface area (Å²) in [5.74, 6) is -0.0383. The number of nitrogens with zero attached hydrogens (tertiary/aromatic N) is 2. The van der Waals surface area contributed by atoms with E-state index in [1.807, 2.05) is 34.9 Å². The average molecular weight is 262 g/mol. The van der Waals surface area contributed by atoms with Gasteiger partial charge in [0, 0.05) is 12.3 Å². The van der Waals surface area contributed by atoms with Crippen molar-refractivity contribution in [1.29, 1.82) is 0 Å². The molecule has 0 unspecified atom stereocenters. The third-order valence-corrected chi connectivity index (χ3v) is 3.47. The lowest BCUT2D eigenvalue weighted by molar-refractivity contribution is -0.137. The molecule has 1 aromatic carbocycles. The number of aromatic nitrogens is 2. The van der Waals surface area contributed by atoms with Gasteiger partial charge in [0.15, 0.2) is 5.16 Å². The summed E-state index contributed by atoms with van der Waals surface area (Å²) in [6.07, 6.45) is 1.91. The molecule has 0 saturated carbocycles. The van der Waals surface area contributed by atoms with Gasteiger partial charge in [0.2, 0.25) is 0 Å². The molecule has 5 heteroatoms. The molecule has 2 aromatic rings. The van der Waals surface area contributed by atoms with Crippen molar-refractivity contribution in [3.05, 3.63) is 36.9 Å². The number of carboxylic acid groups (broad SMARTS) is 1. The number of hydrogen-bond acceptors (Lipinski definition) is 3. The van der Waals surface area contributed by atoms with Crippen molar-refractivity contribution in [1.82, 2.24) is 9.55 Å². The van der Waals surface area contributed by atoms with Crippen molar-refractivity contribution in [3.63, 3.8) is 0 Å². The maximum Gasteiger partial charge on any atom is 0.305 e. The minimum Gasteiger partial charge on any atom is -0.481 e. The number of para-hydroxylation sites is 2. The average Bonchev–Trinajstić information content (AvgIpc) is 2.71. The van der Waals surface area contributed by atoms with Gasteiger partial charge in [0.1, 0.15) is 0 Å². The molecule has 1 N–H and O–H groups in total. The summed E-state index contributed by atoms with van der Waals surface area (Å²) in [5, 5.41) is 9.64. The van der Waals surface area contributed by atoms with E-state index in [2.05, 4.69) is 11.6 Å². The minimum absolute atomic E-state index is 0.0992. The number of rotatable bonds is 6. The Balaban J connectivity index is 2.36. The molecule has 0 aliphatic rings. The molecule has 1 aromatic heterocycles. The molecule has 0 atom stereocenters. The van der Waals surface area contributed by atoms with Crippen molar-refractivity contribution in [3.8, 4) is 0 Å². The molecule has 4 nitrogen and oxygen atoms in total. The van der Waals surface area contributed by atoms with E-state index in [-0.39, 0.29) is 6.42 Å². The summed E-state index contributed by atoms with van der Waals surface area (Å²) in [5.41, 5.74) is 1.87. The van der Waals surface area contributed by atoms with Crippen LogP contribution in [0.1, 0.15) is 6.42 Å². The van der Waals surface area contributed by atoms with E-state index in [9.17, 15) is 4.79 Å². The van der Waals surface area contributed by atoms with Gasteiger partial charge in [-0.2, -0.15) is 0 Å². The van der Waals surface area contributed by atoms with E-state index >= 15 is 0 Å². The quantitative estimate of drug-likeness (QED) is 0.642. The molecule has 0 saturated heterocycles. The largest absolute Gasteiger partial charge is 0.481 e. The van der Waals surface area contributed by atoms with Gasteiger partial charge < -0.3 is 9.67 Å². The fourth-order valence-corrected chi connectivity index (χ4v) is 2.50. The van der Waals surface area contributed by atoms with E-state index < -0.39 is 5.97 Å². The molecule has 0 fully saturated rings. The smallest absolute Gasteiger partial charge is 0.305 e. The molecule has 0 aliphatic carbocycles. The second kappa shape index (κ2) is 5.73. The highest BCUT2D eigenvalue weighted by atomic mass is 32.2. The zero-order valence-corrected chi connectivity index (χ0v) is 10.7. The lowest BCUT2D eigenvalue weighted by Crippen LogP contribution is -2.05. The van der Waals surface area contributed by atoms with Crippen LogP contribution in [0.3, 0.4) is 0 Å². The van der Waals surface area contributed by atoms with Crippen molar-refractivity contribution in [2.45, 2.75) is 18.1 Å². The second-order valence-electron chi connectivity index (χ2n) is 3.78. The maximum atomic E-state index is 10.7. The van der Waals surface area contributed by atoms with E-state index in [4.69, 9.17) is 5.11 Å². The number of imidazole rings is 1. The third kappa shape index (κ3) is 2.73. The molecule has 18 heavy (non-hydrogen) atoms. The van der Waals surface area contributed by atoms with E-state index in [0.29, 0.717) is 6.54 Å². The van der Waals surface area contributed by atoms with Crippen LogP contribution in [0.5, 0.6) is 0 Å². The van der Waals surface area contributed by atoms with Crippen LogP contribution < -0.4 is 0 Å². The monoisotopic (exact) mass is 262 g/mol. The highest BCUT2D eigenvalue weighted by molar-refractivity contribution is 7.99. The van der Waals surface area contributed by atoms with Gasteiger partial charge in [-0.05, 0) is 12.1 Å². The van der Waals surface area contributed by atoms with Crippen LogP contribution in [-0.4, -0.2) is 26.4 Å². The Morgan fingerprint density at radius 2 is 2.28 bits per heavy atom. The molecule has 1 heterocycles. The van der Waals surface area contributed by atoms with Crippen LogP contribution in [0.2, 0.25) is 0 Å². The lowest BCUT2D eigenvalue weighted by Gasteiger charge is -2.06. The van der Waals surface area contributed by atoms with Gasteiger partial charge in [-0.1, -0.05) is 30.0 Å². The predicted molar refractivity (Wildman–Crippen MR) is 72.9 cm³/mol. The maximum absolute atomic E-state index is 10.7. The molecule has 0 aliphatic heterocycles. The second-order valence-corrected chi connectivity index (χ2v) is 4.77. The first-order valence-electron chi connectivity index (χ1n) is 5.63. The highest BCUT2D eigenvalue weighted by Gasteiger charge is 2.11. The lowest BCUT2D eigenvalue weighted by atomic mass is 10.3. The Kier molecular flexibility index (Phi) is 4.04.